The Kier molecular flexibility index (Phi) is 4.26. The second kappa shape index (κ2) is 6.04. The van der Waals surface area contributed by atoms with Gasteiger partial charge in [0.15, 0.2) is 0 Å². The van der Waals surface area contributed by atoms with Crippen molar-refractivity contribution in [3.8, 4) is 0 Å². The van der Waals surface area contributed by atoms with Crippen molar-refractivity contribution in [1.29, 1.82) is 0 Å². The van der Waals surface area contributed by atoms with Crippen molar-refractivity contribution >= 4 is 5.91 Å². The fourth-order valence-corrected chi connectivity index (χ4v) is 4.23. The number of nitrogens with zero attached hydrogens (tertiary/aromatic N) is 1. The van der Waals surface area contributed by atoms with Crippen LogP contribution < -0.4 is 0 Å². The van der Waals surface area contributed by atoms with Crippen LogP contribution in [-0.4, -0.2) is 35.1 Å². The normalized spacial score (nSPS) is 28.3. The number of aliphatic hydroxyl groups excluding tert-OH is 1. The molecule has 2 aliphatic rings. The van der Waals surface area contributed by atoms with E-state index in [2.05, 4.69) is 32.0 Å². The molecule has 3 heteroatoms. The SMILES string of the molecule is Cc1ccc(C)c(CC(=O)N2CCC[C@]3(CCC[C@H]3O)C2)c1. The van der Waals surface area contributed by atoms with Gasteiger partial charge in [-0.25, -0.2) is 0 Å². The zero-order valence-corrected chi connectivity index (χ0v) is 13.8. The highest BCUT2D eigenvalue weighted by atomic mass is 16.3. The highest BCUT2D eigenvalue weighted by Gasteiger charge is 2.45. The van der Waals surface area contributed by atoms with Crippen LogP contribution in [-0.2, 0) is 11.2 Å². The molecule has 1 aromatic carbocycles. The van der Waals surface area contributed by atoms with Gasteiger partial charge < -0.3 is 10.0 Å². The van der Waals surface area contributed by atoms with E-state index in [1.165, 1.54) is 11.1 Å². The van der Waals surface area contributed by atoms with E-state index in [4.69, 9.17) is 0 Å². The number of carbonyl (C=O) groups excluding carboxylic acids is 1. The molecule has 1 aromatic rings. The number of aryl methyl sites for hydroxylation is 2. The second-order valence-electron chi connectivity index (χ2n) is 7.30. The predicted molar refractivity (Wildman–Crippen MR) is 87.7 cm³/mol. The van der Waals surface area contributed by atoms with Crippen LogP contribution in [0.3, 0.4) is 0 Å². The molecule has 120 valence electrons. The molecular weight excluding hydrogens is 274 g/mol. The second-order valence-corrected chi connectivity index (χ2v) is 7.30. The van der Waals surface area contributed by atoms with Crippen molar-refractivity contribution < 1.29 is 9.90 Å². The Morgan fingerprint density at radius 2 is 2.09 bits per heavy atom. The van der Waals surface area contributed by atoms with Crippen LogP contribution in [0.15, 0.2) is 18.2 Å². The minimum atomic E-state index is -0.219. The third-order valence-corrected chi connectivity index (χ3v) is 5.67. The van der Waals surface area contributed by atoms with Crippen molar-refractivity contribution in [2.75, 3.05) is 13.1 Å². The zero-order valence-electron chi connectivity index (χ0n) is 13.8. The maximum absolute atomic E-state index is 12.7. The summed E-state index contributed by atoms with van der Waals surface area (Å²) in [5.74, 6) is 0.215. The van der Waals surface area contributed by atoms with Crippen molar-refractivity contribution in [2.24, 2.45) is 5.41 Å². The standard InChI is InChI=1S/C19H27NO2/c1-14-6-7-15(2)16(11-14)12-18(22)20-10-4-9-19(13-20)8-3-5-17(19)21/h6-7,11,17,21H,3-5,8-10,12-13H2,1-2H3/t17-,19-/m1/s1. The molecule has 2 fully saturated rings. The maximum Gasteiger partial charge on any atom is 0.227 e. The Bertz CT molecular complexity index is 569. The number of carbonyl (C=O) groups is 1. The van der Waals surface area contributed by atoms with Gasteiger partial charge in [0.05, 0.1) is 12.5 Å². The monoisotopic (exact) mass is 301 g/mol. The third-order valence-electron chi connectivity index (χ3n) is 5.67. The van der Waals surface area contributed by atoms with E-state index in [-0.39, 0.29) is 17.4 Å². The average Bonchev–Trinajstić information content (AvgIpc) is 2.83. The maximum atomic E-state index is 12.7. The van der Waals surface area contributed by atoms with Crippen LogP contribution in [0, 0.1) is 19.3 Å². The molecule has 0 aromatic heterocycles. The number of benzene rings is 1. The highest BCUT2D eigenvalue weighted by molar-refractivity contribution is 5.79. The number of hydrogen-bond donors (Lipinski definition) is 1. The van der Waals surface area contributed by atoms with Crippen molar-refractivity contribution in [3.05, 3.63) is 34.9 Å². The lowest BCUT2D eigenvalue weighted by Gasteiger charge is -2.42. The van der Waals surface area contributed by atoms with E-state index in [9.17, 15) is 9.90 Å². The van der Waals surface area contributed by atoms with Crippen LogP contribution >= 0.6 is 0 Å². The molecule has 1 N–H and O–H groups in total. The Hall–Kier alpha value is -1.35. The van der Waals surface area contributed by atoms with Crippen LogP contribution in [0.5, 0.6) is 0 Å². The van der Waals surface area contributed by atoms with E-state index in [1.807, 2.05) is 4.90 Å². The summed E-state index contributed by atoms with van der Waals surface area (Å²) in [6.07, 6.45) is 5.43. The zero-order chi connectivity index (χ0) is 15.7. The van der Waals surface area contributed by atoms with Crippen LogP contribution in [0.4, 0.5) is 0 Å². The Morgan fingerprint density at radius 3 is 2.82 bits per heavy atom. The first-order valence-corrected chi connectivity index (χ1v) is 8.52. The lowest BCUT2D eigenvalue weighted by molar-refractivity contribution is -0.135. The van der Waals surface area contributed by atoms with Crippen molar-refractivity contribution in [3.63, 3.8) is 0 Å². The first-order chi connectivity index (χ1) is 10.5. The molecule has 2 atom stereocenters. The fourth-order valence-electron chi connectivity index (χ4n) is 4.23. The summed E-state index contributed by atoms with van der Waals surface area (Å²) in [5.41, 5.74) is 3.51. The van der Waals surface area contributed by atoms with Gasteiger partial charge in [-0.15, -0.1) is 0 Å². The molecule has 0 radical (unpaired) electrons. The van der Waals surface area contributed by atoms with Gasteiger partial charge in [0.25, 0.3) is 0 Å². The molecule has 1 saturated heterocycles. The Morgan fingerprint density at radius 1 is 1.32 bits per heavy atom. The van der Waals surface area contributed by atoms with Gasteiger partial charge >= 0.3 is 0 Å². The van der Waals surface area contributed by atoms with Gasteiger partial charge in [-0.05, 0) is 50.7 Å². The summed E-state index contributed by atoms with van der Waals surface area (Å²) in [7, 11) is 0. The van der Waals surface area contributed by atoms with E-state index in [0.29, 0.717) is 6.42 Å². The summed E-state index contributed by atoms with van der Waals surface area (Å²) in [5, 5.41) is 10.3. The van der Waals surface area contributed by atoms with E-state index in [0.717, 1.165) is 50.8 Å². The minimum Gasteiger partial charge on any atom is -0.392 e. The van der Waals surface area contributed by atoms with Gasteiger partial charge in [-0.1, -0.05) is 30.2 Å². The number of rotatable bonds is 2. The largest absolute Gasteiger partial charge is 0.392 e. The van der Waals surface area contributed by atoms with Gasteiger partial charge in [-0.3, -0.25) is 4.79 Å². The number of amides is 1. The summed E-state index contributed by atoms with van der Waals surface area (Å²) in [6, 6.07) is 6.31. The van der Waals surface area contributed by atoms with Gasteiger partial charge in [0.2, 0.25) is 5.91 Å². The summed E-state index contributed by atoms with van der Waals surface area (Å²) in [4.78, 5) is 14.7. The van der Waals surface area contributed by atoms with E-state index < -0.39 is 0 Å². The highest BCUT2D eigenvalue weighted by Crippen LogP contribution is 2.45. The Balaban J connectivity index is 1.71. The molecule has 1 aliphatic carbocycles. The summed E-state index contributed by atoms with van der Waals surface area (Å²) >= 11 is 0. The van der Waals surface area contributed by atoms with Gasteiger partial charge in [-0.2, -0.15) is 0 Å². The summed E-state index contributed by atoms with van der Waals surface area (Å²) < 4.78 is 0. The number of aliphatic hydroxyl groups is 1. The molecule has 1 amide bonds. The smallest absolute Gasteiger partial charge is 0.227 e. The van der Waals surface area contributed by atoms with Crippen LogP contribution in [0.25, 0.3) is 0 Å². The average molecular weight is 301 g/mol. The predicted octanol–water partition coefficient (Wildman–Crippen LogP) is 3.00. The van der Waals surface area contributed by atoms with Crippen molar-refractivity contribution in [2.45, 2.75) is 58.5 Å². The first kappa shape index (κ1) is 15.5. The van der Waals surface area contributed by atoms with Gasteiger partial charge in [0, 0.05) is 18.5 Å². The third kappa shape index (κ3) is 2.91. The molecule has 3 rings (SSSR count). The molecule has 22 heavy (non-hydrogen) atoms. The molecule has 0 bridgehead atoms. The van der Waals surface area contributed by atoms with Crippen molar-refractivity contribution in [1.82, 2.24) is 4.90 Å². The first-order valence-electron chi connectivity index (χ1n) is 8.52. The lowest BCUT2D eigenvalue weighted by Crippen LogP contribution is -2.49. The molecule has 1 saturated carbocycles. The molecule has 1 heterocycles. The van der Waals surface area contributed by atoms with E-state index in [1.54, 1.807) is 0 Å². The quantitative estimate of drug-likeness (QED) is 0.912. The minimum absolute atomic E-state index is 0.0183. The Labute approximate surface area is 133 Å². The number of hydrogen-bond acceptors (Lipinski definition) is 2. The van der Waals surface area contributed by atoms with E-state index >= 15 is 0 Å². The molecule has 0 unspecified atom stereocenters. The molecule has 1 spiro atoms. The molecular formula is C19H27NO2. The molecule has 1 aliphatic heterocycles. The lowest BCUT2D eigenvalue weighted by atomic mass is 9.76. The number of piperidine rings is 1. The topological polar surface area (TPSA) is 40.5 Å². The van der Waals surface area contributed by atoms with Crippen LogP contribution in [0.2, 0.25) is 0 Å². The number of likely N-dealkylation sites (tertiary alicyclic amines) is 1. The fraction of sp³-hybridized carbons (Fsp3) is 0.632. The van der Waals surface area contributed by atoms with Gasteiger partial charge in [0.1, 0.15) is 0 Å². The summed E-state index contributed by atoms with van der Waals surface area (Å²) in [6.45, 7) is 5.73. The van der Waals surface area contributed by atoms with Crippen LogP contribution in [0.1, 0.15) is 48.8 Å². The molecule has 3 nitrogen and oxygen atoms in total.